The number of nitrogens with zero attached hydrogens (tertiary/aromatic N) is 3. The standard InChI is InChI=1S/C16H30FN3/c1-5-7-9-11-13-16(3,12-10-8-6-2)14-18-15(17)20(4)19-14/h5-13H2,1-4H3. The Labute approximate surface area is 123 Å². The summed E-state index contributed by atoms with van der Waals surface area (Å²) in [7, 11) is 1.62. The molecule has 0 amide bonds. The molecule has 0 bridgehead atoms. The van der Waals surface area contributed by atoms with Crippen molar-refractivity contribution in [1.82, 2.24) is 14.8 Å². The highest BCUT2D eigenvalue weighted by Gasteiger charge is 2.30. The lowest BCUT2D eigenvalue weighted by Gasteiger charge is -2.26. The fourth-order valence-corrected chi connectivity index (χ4v) is 2.68. The molecule has 0 N–H and O–H groups in total. The van der Waals surface area contributed by atoms with Crippen molar-refractivity contribution in [3.05, 3.63) is 11.9 Å². The van der Waals surface area contributed by atoms with E-state index in [0.29, 0.717) is 5.82 Å². The van der Waals surface area contributed by atoms with Crippen LogP contribution in [0.1, 0.15) is 84.4 Å². The third kappa shape index (κ3) is 4.88. The fourth-order valence-electron chi connectivity index (χ4n) is 2.68. The Morgan fingerprint density at radius 2 is 1.55 bits per heavy atom. The summed E-state index contributed by atoms with van der Waals surface area (Å²) < 4.78 is 14.7. The van der Waals surface area contributed by atoms with Crippen LogP contribution in [-0.4, -0.2) is 14.8 Å². The second kappa shape index (κ2) is 8.38. The zero-order chi connectivity index (χ0) is 15.0. The van der Waals surface area contributed by atoms with Crippen LogP contribution in [0.4, 0.5) is 4.39 Å². The van der Waals surface area contributed by atoms with Gasteiger partial charge in [0, 0.05) is 12.5 Å². The van der Waals surface area contributed by atoms with Crippen LogP contribution < -0.4 is 0 Å². The van der Waals surface area contributed by atoms with E-state index in [0.717, 1.165) is 12.8 Å². The van der Waals surface area contributed by atoms with Gasteiger partial charge < -0.3 is 0 Å². The normalized spacial score (nSPS) is 14.4. The van der Waals surface area contributed by atoms with Crippen LogP contribution >= 0.6 is 0 Å². The smallest absolute Gasteiger partial charge is 0.225 e. The molecule has 3 nitrogen and oxygen atoms in total. The molecule has 1 heterocycles. The molecule has 0 fully saturated rings. The molecule has 1 rings (SSSR count). The largest absolute Gasteiger partial charge is 0.307 e. The molecule has 1 atom stereocenters. The van der Waals surface area contributed by atoms with Gasteiger partial charge >= 0.3 is 6.08 Å². The molecule has 0 saturated carbocycles. The number of halogens is 1. The van der Waals surface area contributed by atoms with Crippen LogP contribution in [0.5, 0.6) is 0 Å². The van der Waals surface area contributed by atoms with Crippen molar-refractivity contribution in [2.75, 3.05) is 0 Å². The van der Waals surface area contributed by atoms with Gasteiger partial charge in [0.25, 0.3) is 0 Å². The molecule has 1 unspecified atom stereocenters. The molecule has 0 saturated heterocycles. The van der Waals surface area contributed by atoms with Crippen LogP contribution in [0.3, 0.4) is 0 Å². The maximum atomic E-state index is 13.5. The molecular weight excluding hydrogens is 253 g/mol. The third-order valence-electron chi connectivity index (χ3n) is 4.16. The van der Waals surface area contributed by atoms with Crippen molar-refractivity contribution in [3.63, 3.8) is 0 Å². The van der Waals surface area contributed by atoms with Crippen molar-refractivity contribution in [1.29, 1.82) is 0 Å². The molecule has 0 aromatic carbocycles. The quantitative estimate of drug-likeness (QED) is 0.579. The maximum Gasteiger partial charge on any atom is 0.307 e. The lowest BCUT2D eigenvalue weighted by Crippen LogP contribution is -2.24. The van der Waals surface area contributed by atoms with E-state index < -0.39 is 6.08 Å². The second-order valence-corrected chi connectivity index (χ2v) is 6.16. The van der Waals surface area contributed by atoms with Gasteiger partial charge in [0.05, 0.1) is 0 Å². The Bertz CT molecular complexity index is 370. The first-order valence-corrected chi connectivity index (χ1v) is 8.10. The number of rotatable bonds is 10. The number of hydrogen-bond donors (Lipinski definition) is 0. The molecule has 4 heteroatoms. The lowest BCUT2D eigenvalue weighted by atomic mass is 9.79. The van der Waals surface area contributed by atoms with E-state index in [9.17, 15) is 4.39 Å². The monoisotopic (exact) mass is 283 g/mol. The van der Waals surface area contributed by atoms with Gasteiger partial charge in [-0.15, -0.1) is 0 Å². The summed E-state index contributed by atoms with van der Waals surface area (Å²) >= 11 is 0. The van der Waals surface area contributed by atoms with Crippen LogP contribution in [0.15, 0.2) is 0 Å². The maximum absolute atomic E-state index is 13.5. The summed E-state index contributed by atoms with van der Waals surface area (Å²) in [5.74, 6) is 0.685. The second-order valence-electron chi connectivity index (χ2n) is 6.16. The number of aryl methyl sites for hydroxylation is 1. The molecule has 116 valence electrons. The van der Waals surface area contributed by atoms with Crippen molar-refractivity contribution < 1.29 is 4.39 Å². The highest BCUT2D eigenvalue weighted by atomic mass is 19.1. The summed E-state index contributed by atoms with van der Waals surface area (Å²) in [5.41, 5.74) is -0.0784. The van der Waals surface area contributed by atoms with E-state index in [-0.39, 0.29) is 5.41 Å². The Morgan fingerprint density at radius 1 is 1.00 bits per heavy atom. The molecule has 0 aliphatic rings. The molecular formula is C16H30FN3. The molecule has 0 aliphatic carbocycles. The molecule has 20 heavy (non-hydrogen) atoms. The fraction of sp³-hybridized carbons (Fsp3) is 0.875. The van der Waals surface area contributed by atoms with Crippen LogP contribution in [0.25, 0.3) is 0 Å². The van der Waals surface area contributed by atoms with E-state index >= 15 is 0 Å². The first-order chi connectivity index (χ1) is 9.53. The number of unbranched alkanes of at least 4 members (excludes halogenated alkanes) is 5. The summed E-state index contributed by atoms with van der Waals surface area (Å²) in [6, 6.07) is 0. The van der Waals surface area contributed by atoms with Crippen molar-refractivity contribution in [2.45, 2.75) is 84.0 Å². The zero-order valence-electron chi connectivity index (χ0n) is 13.6. The molecule has 1 aromatic heterocycles. The van der Waals surface area contributed by atoms with Crippen molar-refractivity contribution in [3.8, 4) is 0 Å². The predicted octanol–water partition coefficient (Wildman–Crippen LogP) is 4.76. The molecule has 0 radical (unpaired) electrons. The first-order valence-electron chi connectivity index (χ1n) is 8.10. The van der Waals surface area contributed by atoms with Gasteiger partial charge in [0.2, 0.25) is 0 Å². The Hall–Kier alpha value is -0.930. The van der Waals surface area contributed by atoms with E-state index in [1.54, 1.807) is 7.05 Å². The Kier molecular flexibility index (Phi) is 7.17. The minimum absolute atomic E-state index is 0.0784. The zero-order valence-corrected chi connectivity index (χ0v) is 13.6. The van der Waals surface area contributed by atoms with E-state index in [1.807, 2.05) is 0 Å². The molecule has 0 spiro atoms. The van der Waals surface area contributed by atoms with Gasteiger partial charge in [-0.3, -0.25) is 0 Å². The summed E-state index contributed by atoms with van der Waals surface area (Å²) in [4.78, 5) is 4.05. The lowest BCUT2D eigenvalue weighted by molar-refractivity contribution is 0.346. The SMILES string of the molecule is CCCCCCC(C)(CCCCC)c1nc(F)n(C)n1. The number of hydrogen-bond acceptors (Lipinski definition) is 2. The Balaban J connectivity index is 2.71. The topological polar surface area (TPSA) is 30.7 Å². The number of aromatic nitrogens is 3. The van der Waals surface area contributed by atoms with Gasteiger partial charge in [-0.25, -0.2) is 4.68 Å². The van der Waals surface area contributed by atoms with Gasteiger partial charge in [-0.05, 0) is 12.8 Å². The van der Waals surface area contributed by atoms with E-state index in [1.165, 1.54) is 49.6 Å². The van der Waals surface area contributed by atoms with Gasteiger partial charge in [0.15, 0.2) is 5.82 Å². The van der Waals surface area contributed by atoms with E-state index in [2.05, 4.69) is 30.9 Å². The summed E-state index contributed by atoms with van der Waals surface area (Å²) in [6.45, 7) is 6.62. The van der Waals surface area contributed by atoms with Crippen LogP contribution in [0, 0.1) is 6.08 Å². The van der Waals surface area contributed by atoms with Crippen molar-refractivity contribution in [2.24, 2.45) is 7.05 Å². The average Bonchev–Trinajstić information content (AvgIpc) is 2.76. The van der Waals surface area contributed by atoms with Gasteiger partial charge in [0.1, 0.15) is 0 Å². The summed E-state index contributed by atoms with van der Waals surface area (Å²) in [6.07, 6.45) is 10.2. The average molecular weight is 283 g/mol. The van der Waals surface area contributed by atoms with Gasteiger partial charge in [-0.2, -0.15) is 14.5 Å². The summed E-state index contributed by atoms with van der Waals surface area (Å²) in [5, 5.41) is 4.29. The van der Waals surface area contributed by atoms with Crippen LogP contribution in [0.2, 0.25) is 0 Å². The highest BCUT2D eigenvalue weighted by Crippen LogP contribution is 2.33. The molecule has 0 aliphatic heterocycles. The third-order valence-corrected chi connectivity index (χ3v) is 4.16. The predicted molar refractivity (Wildman–Crippen MR) is 81.2 cm³/mol. The molecule has 1 aromatic rings. The highest BCUT2D eigenvalue weighted by molar-refractivity contribution is 5.04. The van der Waals surface area contributed by atoms with Crippen molar-refractivity contribution >= 4 is 0 Å². The Morgan fingerprint density at radius 3 is 2.05 bits per heavy atom. The van der Waals surface area contributed by atoms with Gasteiger partial charge in [-0.1, -0.05) is 65.7 Å². The minimum atomic E-state index is -0.477. The van der Waals surface area contributed by atoms with E-state index in [4.69, 9.17) is 0 Å². The minimum Gasteiger partial charge on any atom is -0.225 e. The first kappa shape index (κ1) is 17.1. The van der Waals surface area contributed by atoms with Crippen LogP contribution in [-0.2, 0) is 12.5 Å².